The third-order valence-electron chi connectivity index (χ3n) is 3.85. The largest absolute Gasteiger partial charge is 0.457 e. The second-order valence-electron chi connectivity index (χ2n) is 6.00. The molecule has 8 nitrogen and oxygen atoms in total. The van der Waals surface area contributed by atoms with E-state index in [1.54, 1.807) is 13.0 Å². The van der Waals surface area contributed by atoms with Crippen LogP contribution >= 0.6 is 0 Å². The average Bonchev–Trinajstić information content (AvgIpc) is 3.12. The van der Waals surface area contributed by atoms with Crippen LogP contribution in [0.2, 0.25) is 0 Å². The Morgan fingerprint density at radius 2 is 1.57 bits per heavy atom. The first-order valence-corrected chi connectivity index (χ1v) is 8.58. The number of anilines is 5. The molecule has 0 unspecified atom stereocenters. The first-order chi connectivity index (χ1) is 13.7. The standard InChI is InChI=1S/C20H18N6O2/c1-13-11-17(26-28-13)25-20-18(21)19(22-12-23-20)24-14-7-9-16(10-8-14)27-15-5-3-2-4-6-15/h2-12H,21H2,1H3,(H2,22,23,24,25,26). The van der Waals surface area contributed by atoms with Gasteiger partial charge in [0.2, 0.25) is 0 Å². The lowest BCUT2D eigenvalue weighted by Crippen LogP contribution is -2.05. The summed E-state index contributed by atoms with van der Waals surface area (Å²) in [6.45, 7) is 1.81. The fourth-order valence-corrected chi connectivity index (χ4v) is 2.51. The molecule has 140 valence electrons. The molecule has 0 atom stereocenters. The van der Waals surface area contributed by atoms with Crippen molar-refractivity contribution in [3.05, 3.63) is 72.8 Å². The third kappa shape index (κ3) is 4.01. The van der Waals surface area contributed by atoms with E-state index in [-0.39, 0.29) is 0 Å². The van der Waals surface area contributed by atoms with Crippen LogP contribution in [0.4, 0.5) is 28.8 Å². The molecule has 2 heterocycles. The number of ether oxygens (including phenoxy) is 1. The predicted molar refractivity (Wildman–Crippen MR) is 107 cm³/mol. The van der Waals surface area contributed by atoms with Crippen molar-refractivity contribution in [2.45, 2.75) is 6.92 Å². The number of aromatic nitrogens is 3. The van der Waals surface area contributed by atoms with Gasteiger partial charge in [0.1, 0.15) is 29.3 Å². The molecule has 28 heavy (non-hydrogen) atoms. The number of hydrogen-bond donors (Lipinski definition) is 3. The molecule has 0 saturated carbocycles. The Morgan fingerprint density at radius 1 is 0.893 bits per heavy atom. The van der Waals surface area contributed by atoms with Gasteiger partial charge >= 0.3 is 0 Å². The van der Waals surface area contributed by atoms with Crippen molar-refractivity contribution < 1.29 is 9.26 Å². The van der Waals surface area contributed by atoms with Gasteiger partial charge in [-0.2, -0.15) is 0 Å². The number of nitrogen functional groups attached to an aromatic ring is 1. The predicted octanol–water partition coefficient (Wildman–Crippen LogP) is 4.63. The van der Waals surface area contributed by atoms with Crippen LogP contribution in [-0.4, -0.2) is 15.1 Å². The zero-order valence-electron chi connectivity index (χ0n) is 15.1. The van der Waals surface area contributed by atoms with Gasteiger partial charge in [-0.05, 0) is 43.3 Å². The molecule has 0 fully saturated rings. The number of para-hydroxylation sites is 1. The van der Waals surface area contributed by atoms with Gasteiger partial charge in [-0.3, -0.25) is 0 Å². The summed E-state index contributed by atoms with van der Waals surface area (Å²) in [6, 6.07) is 18.8. The molecule has 2 aromatic carbocycles. The van der Waals surface area contributed by atoms with E-state index < -0.39 is 0 Å². The van der Waals surface area contributed by atoms with Crippen molar-refractivity contribution in [3.8, 4) is 11.5 Å². The quantitative estimate of drug-likeness (QED) is 0.448. The van der Waals surface area contributed by atoms with Crippen LogP contribution in [0.25, 0.3) is 0 Å². The maximum Gasteiger partial charge on any atom is 0.175 e. The van der Waals surface area contributed by atoms with E-state index in [9.17, 15) is 0 Å². The van der Waals surface area contributed by atoms with Gasteiger partial charge in [-0.15, -0.1) is 0 Å². The monoisotopic (exact) mass is 374 g/mol. The molecule has 0 saturated heterocycles. The third-order valence-corrected chi connectivity index (χ3v) is 3.85. The maximum absolute atomic E-state index is 6.18. The number of hydrogen-bond acceptors (Lipinski definition) is 8. The molecule has 4 rings (SSSR count). The van der Waals surface area contributed by atoms with Gasteiger partial charge in [-0.1, -0.05) is 23.4 Å². The summed E-state index contributed by atoms with van der Waals surface area (Å²) in [5, 5.41) is 10.1. The second-order valence-corrected chi connectivity index (χ2v) is 6.00. The van der Waals surface area contributed by atoms with Crippen LogP contribution in [-0.2, 0) is 0 Å². The fraction of sp³-hybridized carbons (Fsp3) is 0.0500. The highest BCUT2D eigenvalue weighted by atomic mass is 16.5. The van der Waals surface area contributed by atoms with Crippen LogP contribution in [0.15, 0.2) is 71.5 Å². The van der Waals surface area contributed by atoms with Gasteiger partial charge in [0.15, 0.2) is 17.5 Å². The Kier molecular flexibility index (Phi) is 4.75. The average molecular weight is 374 g/mol. The first kappa shape index (κ1) is 17.3. The zero-order chi connectivity index (χ0) is 19.3. The van der Waals surface area contributed by atoms with Crippen molar-refractivity contribution in [2.24, 2.45) is 0 Å². The minimum Gasteiger partial charge on any atom is -0.457 e. The Hall–Kier alpha value is -4.07. The molecule has 0 aliphatic rings. The molecule has 4 N–H and O–H groups in total. The lowest BCUT2D eigenvalue weighted by atomic mass is 10.3. The van der Waals surface area contributed by atoms with E-state index in [0.717, 1.165) is 17.2 Å². The van der Waals surface area contributed by atoms with Crippen molar-refractivity contribution in [3.63, 3.8) is 0 Å². The molecular weight excluding hydrogens is 356 g/mol. The topological polar surface area (TPSA) is 111 Å². The van der Waals surface area contributed by atoms with Gasteiger partial charge in [-0.25, -0.2) is 9.97 Å². The van der Waals surface area contributed by atoms with Gasteiger partial charge in [0.05, 0.1) is 0 Å². The van der Waals surface area contributed by atoms with Crippen molar-refractivity contribution in [1.29, 1.82) is 0 Å². The summed E-state index contributed by atoms with van der Waals surface area (Å²) in [5.74, 6) is 3.64. The van der Waals surface area contributed by atoms with E-state index in [1.807, 2.05) is 54.6 Å². The smallest absolute Gasteiger partial charge is 0.175 e. The number of nitrogens with one attached hydrogen (secondary N) is 2. The summed E-state index contributed by atoms with van der Waals surface area (Å²) in [6.07, 6.45) is 1.42. The maximum atomic E-state index is 6.18. The molecule has 2 aromatic heterocycles. The Bertz CT molecular complexity index is 1060. The molecule has 0 radical (unpaired) electrons. The fourth-order valence-electron chi connectivity index (χ4n) is 2.51. The molecular formula is C20H18N6O2. The number of nitrogens with zero attached hydrogens (tertiary/aromatic N) is 3. The van der Waals surface area contributed by atoms with Crippen LogP contribution in [0.1, 0.15) is 5.76 Å². The summed E-state index contributed by atoms with van der Waals surface area (Å²) < 4.78 is 10.8. The Morgan fingerprint density at radius 3 is 2.25 bits per heavy atom. The van der Waals surface area contributed by atoms with Crippen LogP contribution in [0, 0.1) is 6.92 Å². The molecule has 4 aromatic rings. The Labute approximate surface area is 161 Å². The van der Waals surface area contributed by atoms with E-state index in [4.69, 9.17) is 15.0 Å². The lowest BCUT2D eigenvalue weighted by molar-refractivity contribution is 0.400. The summed E-state index contributed by atoms with van der Waals surface area (Å²) in [5.41, 5.74) is 7.37. The van der Waals surface area contributed by atoms with Crippen molar-refractivity contribution in [1.82, 2.24) is 15.1 Å². The van der Waals surface area contributed by atoms with Gasteiger partial charge in [0.25, 0.3) is 0 Å². The van der Waals surface area contributed by atoms with Gasteiger partial charge < -0.3 is 25.6 Å². The van der Waals surface area contributed by atoms with E-state index >= 15 is 0 Å². The number of nitrogens with two attached hydrogens (primary N) is 1. The minimum absolute atomic E-state index is 0.368. The second kappa shape index (κ2) is 7.67. The highest BCUT2D eigenvalue weighted by molar-refractivity contribution is 5.79. The SMILES string of the molecule is Cc1cc(Nc2ncnc(Nc3ccc(Oc4ccccc4)cc3)c2N)no1. The summed E-state index contributed by atoms with van der Waals surface area (Å²) in [4.78, 5) is 8.37. The lowest BCUT2D eigenvalue weighted by Gasteiger charge is -2.12. The molecule has 0 bridgehead atoms. The van der Waals surface area contributed by atoms with Crippen molar-refractivity contribution >= 4 is 28.8 Å². The van der Waals surface area contributed by atoms with Crippen molar-refractivity contribution in [2.75, 3.05) is 16.4 Å². The minimum atomic E-state index is 0.368. The molecule has 0 spiro atoms. The van der Waals surface area contributed by atoms with Crippen LogP contribution < -0.4 is 21.1 Å². The molecule has 0 amide bonds. The Balaban J connectivity index is 1.47. The van der Waals surface area contributed by atoms with Gasteiger partial charge in [0, 0.05) is 11.8 Å². The summed E-state index contributed by atoms with van der Waals surface area (Å²) >= 11 is 0. The first-order valence-electron chi connectivity index (χ1n) is 8.58. The van der Waals surface area contributed by atoms with E-state index in [0.29, 0.717) is 28.9 Å². The molecule has 0 aliphatic heterocycles. The number of benzene rings is 2. The highest BCUT2D eigenvalue weighted by Gasteiger charge is 2.10. The van der Waals surface area contributed by atoms with E-state index in [2.05, 4.69) is 25.8 Å². The van der Waals surface area contributed by atoms with Crippen LogP contribution in [0.3, 0.4) is 0 Å². The molecule has 0 aliphatic carbocycles. The summed E-state index contributed by atoms with van der Waals surface area (Å²) in [7, 11) is 0. The molecule has 8 heteroatoms. The zero-order valence-corrected chi connectivity index (χ0v) is 15.1. The highest BCUT2D eigenvalue weighted by Crippen LogP contribution is 2.29. The van der Waals surface area contributed by atoms with E-state index in [1.165, 1.54) is 6.33 Å². The normalized spacial score (nSPS) is 10.5. The number of rotatable bonds is 6. The number of aryl methyl sites for hydroxylation is 1. The van der Waals surface area contributed by atoms with Crippen LogP contribution in [0.5, 0.6) is 11.5 Å².